The molecule has 35 heavy (non-hydrogen) atoms. The van der Waals surface area contributed by atoms with Crippen molar-refractivity contribution in [1.29, 1.82) is 0 Å². The molecule has 0 fully saturated rings. The maximum atomic E-state index is 11.6. The normalized spacial score (nSPS) is 11.5. The SMILES string of the molecule is Cc1cnc(Nc2cccc(S(N)(=O)=O)c2)nc1Nc1ccc(Cc2nc3ccccc3[nH]2)cc1. The molecule has 0 aliphatic heterocycles. The Bertz CT molecular complexity index is 1580. The minimum absolute atomic E-state index is 0.00990. The molecular weight excluding hydrogens is 462 g/mol. The third-order valence-corrected chi connectivity index (χ3v) is 6.33. The van der Waals surface area contributed by atoms with Gasteiger partial charge in [0, 0.05) is 29.6 Å². The number of anilines is 4. The summed E-state index contributed by atoms with van der Waals surface area (Å²) in [7, 11) is -3.80. The lowest BCUT2D eigenvalue weighted by Gasteiger charge is -2.12. The van der Waals surface area contributed by atoms with Gasteiger partial charge in [-0.15, -0.1) is 0 Å². The van der Waals surface area contributed by atoms with Gasteiger partial charge in [-0.1, -0.05) is 30.3 Å². The molecule has 0 spiro atoms. The zero-order chi connectivity index (χ0) is 24.4. The standard InChI is InChI=1S/C25H23N7O2S/c1-16-15-27-25(29-19-5-4-6-20(14-19)35(26,33)34)32-24(16)28-18-11-9-17(10-12-18)13-23-30-21-7-2-3-8-22(21)31-23/h2-12,14-15H,13H2,1H3,(H,30,31)(H2,26,33,34)(H2,27,28,29,32). The minimum Gasteiger partial charge on any atom is -0.342 e. The summed E-state index contributed by atoms with van der Waals surface area (Å²) in [5, 5.41) is 11.6. The van der Waals surface area contributed by atoms with Crippen molar-refractivity contribution < 1.29 is 8.42 Å². The Morgan fingerprint density at radius 2 is 1.71 bits per heavy atom. The third kappa shape index (κ3) is 5.29. The summed E-state index contributed by atoms with van der Waals surface area (Å²) in [5.41, 5.74) is 5.37. The smallest absolute Gasteiger partial charge is 0.238 e. The van der Waals surface area contributed by atoms with E-state index in [-0.39, 0.29) is 4.90 Å². The summed E-state index contributed by atoms with van der Waals surface area (Å²) in [6.07, 6.45) is 2.39. The monoisotopic (exact) mass is 485 g/mol. The number of rotatable bonds is 7. The molecule has 5 N–H and O–H groups in total. The van der Waals surface area contributed by atoms with Gasteiger partial charge >= 0.3 is 0 Å². The van der Waals surface area contributed by atoms with Crippen molar-refractivity contribution >= 4 is 44.2 Å². The van der Waals surface area contributed by atoms with Crippen LogP contribution in [0.15, 0.2) is 83.9 Å². The van der Waals surface area contributed by atoms with Crippen LogP contribution in [0.2, 0.25) is 0 Å². The van der Waals surface area contributed by atoms with E-state index in [0.717, 1.165) is 33.7 Å². The number of aryl methyl sites for hydroxylation is 1. The fourth-order valence-corrected chi connectivity index (χ4v) is 4.19. The van der Waals surface area contributed by atoms with Crippen molar-refractivity contribution in [3.63, 3.8) is 0 Å². The minimum atomic E-state index is -3.80. The number of aromatic amines is 1. The van der Waals surface area contributed by atoms with E-state index in [0.29, 0.717) is 23.9 Å². The first-order valence-corrected chi connectivity index (χ1v) is 12.4. The molecule has 0 unspecified atom stereocenters. The molecule has 5 rings (SSSR count). The van der Waals surface area contributed by atoms with Crippen molar-refractivity contribution in [1.82, 2.24) is 19.9 Å². The molecule has 0 amide bonds. The maximum Gasteiger partial charge on any atom is 0.238 e. The topological polar surface area (TPSA) is 139 Å². The van der Waals surface area contributed by atoms with Crippen LogP contribution in [0, 0.1) is 6.92 Å². The van der Waals surface area contributed by atoms with E-state index >= 15 is 0 Å². The molecule has 0 aliphatic carbocycles. The Balaban J connectivity index is 1.29. The van der Waals surface area contributed by atoms with Crippen LogP contribution in [-0.4, -0.2) is 28.4 Å². The average Bonchev–Trinajstić information content (AvgIpc) is 3.24. The van der Waals surface area contributed by atoms with Gasteiger partial charge < -0.3 is 15.6 Å². The molecule has 0 bridgehead atoms. The first kappa shape index (κ1) is 22.5. The molecule has 0 atom stereocenters. The van der Waals surface area contributed by atoms with E-state index in [2.05, 4.69) is 30.6 Å². The number of sulfonamides is 1. The second kappa shape index (κ2) is 9.16. The highest BCUT2D eigenvalue weighted by molar-refractivity contribution is 7.89. The van der Waals surface area contributed by atoms with E-state index in [1.807, 2.05) is 55.5 Å². The zero-order valence-electron chi connectivity index (χ0n) is 18.9. The molecule has 0 aliphatic rings. The number of nitrogens with two attached hydrogens (primary N) is 1. The van der Waals surface area contributed by atoms with Crippen molar-refractivity contribution in [2.24, 2.45) is 5.14 Å². The molecule has 176 valence electrons. The summed E-state index contributed by atoms with van der Waals surface area (Å²) >= 11 is 0. The van der Waals surface area contributed by atoms with Crippen LogP contribution in [0.3, 0.4) is 0 Å². The van der Waals surface area contributed by atoms with E-state index in [9.17, 15) is 8.42 Å². The number of fused-ring (bicyclic) bond motifs is 1. The van der Waals surface area contributed by atoms with Crippen LogP contribution in [-0.2, 0) is 16.4 Å². The Kier molecular flexibility index (Phi) is 5.89. The van der Waals surface area contributed by atoms with Gasteiger partial charge in [0.2, 0.25) is 16.0 Å². The summed E-state index contributed by atoms with van der Waals surface area (Å²) < 4.78 is 23.2. The highest BCUT2D eigenvalue weighted by atomic mass is 32.2. The van der Waals surface area contributed by atoms with Crippen LogP contribution in [0.5, 0.6) is 0 Å². The van der Waals surface area contributed by atoms with Crippen molar-refractivity contribution in [3.8, 4) is 0 Å². The Morgan fingerprint density at radius 3 is 2.49 bits per heavy atom. The first-order valence-electron chi connectivity index (χ1n) is 10.9. The molecule has 2 aromatic heterocycles. The number of aromatic nitrogens is 4. The molecule has 0 saturated carbocycles. The number of nitrogens with one attached hydrogen (secondary N) is 3. The lowest BCUT2D eigenvalue weighted by molar-refractivity contribution is 0.598. The number of nitrogens with zero attached hydrogens (tertiary/aromatic N) is 3. The van der Waals surface area contributed by atoms with E-state index in [1.165, 1.54) is 12.1 Å². The summed E-state index contributed by atoms with van der Waals surface area (Å²) in [6, 6.07) is 22.2. The summed E-state index contributed by atoms with van der Waals surface area (Å²) in [5.74, 6) is 1.88. The van der Waals surface area contributed by atoms with Crippen molar-refractivity contribution in [3.05, 3.63) is 95.9 Å². The predicted molar refractivity (Wildman–Crippen MR) is 136 cm³/mol. The van der Waals surface area contributed by atoms with Gasteiger partial charge in [-0.25, -0.2) is 23.5 Å². The van der Waals surface area contributed by atoms with Crippen LogP contribution in [0.4, 0.5) is 23.1 Å². The summed E-state index contributed by atoms with van der Waals surface area (Å²) in [6.45, 7) is 1.91. The molecular formula is C25H23N7O2S. The Hall–Kier alpha value is -4.28. The number of H-pyrrole nitrogens is 1. The van der Waals surface area contributed by atoms with Crippen molar-refractivity contribution in [2.75, 3.05) is 10.6 Å². The largest absolute Gasteiger partial charge is 0.342 e. The highest BCUT2D eigenvalue weighted by Crippen LogP contribution is 2.23. The van der Waals surface area contributed by atoms with Crippen LogP contribution in [0.1, 0.15) is 17.0 Å². The number of para-hydroxylation sites is 2. The van der Waals surface area contributed by atoms with Crippen molar-refractivity contribution in [2.45, 2.75) is 18.2 Å². The van der Waals surface area contributed by atoms with E-state index < -0.39 is 10.0 Å². The van der Waals surface area contributed by atoms with Crippen LogP contribution < -0.4 is 15.8 Å². The van der Waals surface area contributed by atoms with Crippen LogP contribution in [0.25, 0.3) is 11.0 Å². The van der Waals surface area contributed by atoms with Gasteiger partial charge in [-0.05, 0) is 55.0 Å². The number of primary sulfonamides is 1. The second-order valence-electron chi connectivity index (χ2n) is 8.12. The maximum absolute atomic E-state index is 11.6. The van der Waals surface area contributed by atoms with Gasteiger partial charge in [0.05, 0.1) is 15.9 Å². The predicted octanol–water partition coefficient (Wildman–Crippen LogP) is 4.39. The van der Waals surface area contributed by atoms with Gasteiger partial charge in [-0.3, -0.25) is 0 Å². The molecule has 5 aromatic rings. The third-order valence-electron chi connectivity index (χ3n) is 5.42. The van der Waals surface area contributed by atoms with E-state index in [1.54, 1.807) is 18.3 Å². The highest BCUT2D eigenvalue weighted by Gasteiger charge is 2.10. The van der Waals surface area contributed by atoms with Gasteiger partial charge in [0.25, 0.3) is 0 Å². The molecule has 10 heteroatoms. The molecule has 0 radical (unpaired) electrons. The lowest BCUT2D eigenvalue weighted by atomic mass is 10.1. The van der Waals surface area contributed by atoms with E-state index in [4.69, 9.17) is 5.14 Å². The number of benzene rings is 3. The van der Waals surface area contributed by atoms with Gasteiger partial charge in [0.15, 0.2) is 0 Å². The fourth-order valence-electron chi connectivity index (χ4n) is 3.63. The quantitative estimate of drug-likeness (QED) is 0.268. The molecule has 9 nitrogen and oxygen atoms in total. The second-order valence-corrected chi connectivity index (χ2v) is 9.68. The Morgan fingerprint density at radius 1 is 0.914 bits per heavy atom. The zero-order valence-corrected chi connectivity index (χ0v) is 19.7. The fraction of sp³-hybridized carbons (Fsp3) is 0.0800. The first-order chi connectivity index (χ1) is 16.8. The molecule has 3 aromatic carbocycles. The molecule has 0 saturated heterocycles. The molecule has 2 heterocycles. The number of imidazole rings is 1. The number of hydrogen-bond acceptors (Lipinski definition) is 7. The summed E-state index contributed by atoms with van der Waals surface area (Å²) in [4.78, 5) is 16.8. The lowest BCUT2D eigenvalue weighted by Crippen LogP contribution is -2.12. The average molecular weight is 486 g/mol. The van der Waals surface area contributed by atoms with Gasteiger partial charge in [0.1, 0.15) is 11.6 Å². The number of hydrogen-bond donors (Lipinski definition) is 4. The Labute approximate surface area is 202 Å². The van der Waals surface area contributed by atoms with Gasteiger partial charge in [-0.2, -0.15) is 4.98 Å². The van der Waals surface area contributed by atoms with Crippen LogP contribution >= 0.6 is 0 Å².